The molecule has 0 saturated heterocycles. The molecular weight excluding hydrogens is 262 g/mol. The summed E-state index contributed by atoms with van der Waals surface area (Å²) in [6.07, 6.45) is 0. The lowest BCUT2D eigenvalue weighted by Crippen LogP contribution is -2.33. The van der Waals surface area contributed by atoms with Crippen LogP contribution in [0.1, 0.15) is 25.5 Å². The Morgan fingerprint density at radius 2 is 1.95 bits per heavy atom. The van der Waals surface area contributed by atoms with Crippen molar-refractivity contribution >= 4 is 0 Å². The first-order chi connectivity index (χ1) is 10.3. The van der Waals surface area contributed by atoms with Crippen molar-refractivity contribution in [3.05, 3.63) is 54.1 Å². The Hall–Kier alpha value is -2.00. The van der Waals surface area contributed by atoms with Gasteiger partial charge in [-0.2, -0.15) is 0 Å². The molecular formula is C18H21NO2. The Labute approximate surface area is 125 Å². The van der Waals surface area contributed by atoms with Gasteiger partial charge in [0.2, 0.25) is 0 Å². The minimum atomic E-state index is 0.318. The largest absolute Gasteiger partial charge is 0.493 e. The molecule has 1 heterocycles. The van der Waals surface area contributed by atoms with Crippen LogP contribution in [0.2, 0.25) is 0 Å². The van der Waals surface area contributed by atoms with Crippen molar-refractivity contribution in [2.75, 3.05) is 13.2 Å². The summed E-state index contributed by atoms with van der Waals surface area (Å²) in [5.74, 6) is 3.10. The van der Waals surface area contributed by atoms with Gasteiger partial charge in [0.05, 0.1) is 6.61 Å². The van der Waals surface area contributed by atoms with Crippen LogP contribution in [-0.2, 0) is 0 Å². The molecule has 1 aliphatic heterocycles. The van der Waals surface area contributed by atoms with Gasteiger partial charge in [-0.3, -0.25) is 0 Å². The lowest BCUT2D eigenvalue weighted by atomic mass is 9.92. The quantitative estimate of drug-likeness (QED) is 0.914. The monoisotopic (exact) mass is 283 g/mol. The number of nitrogens with one attached hydrogen (secondary N) is 1. The highest BCUT2D eigenvalue weighted by Gasteiger charge is 2.27. The zero-order valence-corrected chi connectivity index (χ0v) is 12.5. The van der Waals surface area contributed by atoms with Gasteiger partial charge >= 0.3 is 0 Å². The van der Waals surface area contributed by atoms with E-state index in [0.717, 1.165) is 30.4 Å². The fraction of sp³-hybridized carbons (Fsp3) is 0.333. The highest BCUT2D eigenvalue weighted by Crippen LogP contribution is 2.38. The Balaban J connectivity index is 1.88. The van der Waals surface area contributed by atoms with Crippen molar-refractivity contribution in [1.29, 1.82) is 0 Å². The summed E-state index contributed by atoms with van der Waals surface area (Å²) in [5, 5.41) is 3.55. The molecule has 1 aliphatic rings. The molecule has 0 bridgehead atoms. The average molecular weight is 283 g/mol. The van der Waals surface area contributed by atoms with E-state index in [4.69, 9.17) is 9.47 Å². The first kappa shape index (κ1) is 14.0. The van der Waals surface area contributed by atoms with Crippen LogP contribution in [0, 0.1) is 5.92 Å². The number of fused-ring (bicyclic) bond motifs is 1. The van der Waals surface area contributed by atoms with E-state index in [9.17, 15) is 0 Å². The predicted octanol–water partition coefficient (Wildman–Crippen LogP) is 4.16. The fourth-order valence-electron chi connectivity index (χ4n) is 2.74. The van der Waals surface area contributed by atoms with Gasteiger partial charge in [0, 0.05) is 17.5 Å². The van der Waals surface area contributed by atoms with Crippen LogP contribution in [0.15, 0.2) is 48.5 Å². The summed E-state index contributed by atoms with van der Waals surface area (Å²) >= 11 is 0. The Morgan fingerprint density at radius 1 is 1.14 bits per heavy atom. The normalized spacial score (nSPS) is 20.5. The summed E-state index contributed by atoms with van der Waals surface area (Å²) in [4.78, 5) is 0. The van der Waals surface area contributed by atoms with E-state index in [1.807, 2.05) is 42.5 Å². The molecule has 2 aromatic carbocycles. The van der Waals surface area contributed by atoms with Crippen LogP contribution in [-0.4, -0.2) is 13.2 Å². The zero-order chi connectivity index (χ0) is 14.7. The van der Waals surface area contributed by atoms with Gasteiger partial charge in [-0.05, 0) is 36.9 Å². The minimum absolute atomic E-state index is 0.318. The maximum atomic E-state index is 5.92. The average Bonchev–Trinajstić information content (AvgIpc) is 2.51. The van der Waals surface area contributed by atoms with E-state index in [0.29, 0.717) is 12.0 Å². The SMILES string of the molecule is CCNC1c2cc(Oc3ccccc3)ccc2OCC1C. The summed E-state index contributed by atoms with van der Waals surface area (Å²) < 4.78 is 11.7. The summed E-state index contributed by atoms with van der Waals surface area (Å²) in [6.45, 7) is 6.04. The Bertz CT molecular complexity index is 597. The van der Waals surface area contributed by atoms with Gasteiger partial charge < -0.3 is 14.8 Å². The number of ether oxygens (including phenoxy) is 2. The number of hydrogen-bond donors (Lipinski definition) is 1. The molecule has 2 unspecified atom stereocenters. The standard InChI is InChI=1S/C18H21NO2/c1-3-19-18-13(2)12-20-17-10-9-15(11-16(17)18)21-14-7-5-4-6-8-14/h4-11,13,18-19H,3,12H2,1-2H3. The third-order valence-electron chi connectivity index (χ3n) is 3.79. The van der Waals surface area contributed by atoms with Gasteiger partial charge in [0.15, 0.2) is 0 Å². The second kappa shape index (κ2) is 6.19. The van der Waals surface area contributed by atoms with E-state index in [1.165, 1.54) is 5.56 Å². The van der Waals surface area contributed by atoms with Gasteiger partial charge in [-0.25, -0.2) is 0 Å². The Kier molecular flexibility index (Phi) is 4.11. The second-order valence-corrected chi connectivity index (χ2v) is 5.44. The van der Waals surface area contributed by atoms with Crippen LogP contribution in [0.4, 0.5) is 0 Å². The fourth-order valence-corrected chi connectivity index (χ4v) is 2.74. The van der Waals surface area contributed by atoms with Gasteiger partial charge in [-0.15, -0.1) is 0 Å². The molecule has 3 rings (SSSR count). The molecule has 2 aromatic rings. The molecule has 3 nitrogen and oxygen atoms in total. The molecule has 0 amide bonds. The van der Waals surface area contributed by atoms with Crippen LogP contribution in [0.25, 0.3) is 0 Å². The van der Waals surface area contributed by atoms with E-state index in [-0.39, 0.29) is 0 Å². The van der Waals surface area contributed by atoms with Crippen molar-refractivity contribution in [1.82, 2.24) is 5.32 Å². The summed E-state index contributed by atoms with van der Waals surface area (Å²) in [6, 6.07) is 16.2. The third-order valence-corrected chi connectivity index (χ3v) is 3.79. The van der Waals surface area contributed by atoms with E-state index >= 15 is 0 Å². The smallest absolute Gasteiger partial charge is 0.128 e. The maximum absolute atomic E-state index is 5.92. The molecule has 0 aliphatic carbocycles. The topological polar surface area (TPSA) is 30.5 Å². The molecule has 2 atom stereocenters. The first-order valence-corrected chi connectivity index (χ1v) is 7.51. The molecule has 0 fully saturated rings. The molecule has 0 spiro atoms. The molecule has 21 heavy (non-hydrogen) atoms. The van der Waals surface area contributed by atoms with E-state index < -0.39 is 0 Å². The van der Waals surface area contributed by atoms with Crippen molar-refractivity contribution in [3.63, 3.8) is 0 Å². The van der Waals surface area contributed by atoms with E-state index in [2.05, 4.69) is 25.2 Å². The number of benzene rings is 2. The van der Waals surface area contributed by atoms with Gasteiger partial charge in [0.1, 0.15) is 17.2 Å². The van der Waals surface area contributed by atoms with Crippen molar-refractivity contribution in [2.24, 2.45) is 5.92 Å². The Morgan fingerprint density at radius 3 is 2.71 bits per heavy atom. The minimum Gasteiger partial charge on any atom is -0.493 e. The zero-order valence-electron chi connectivity index (χ0n) is 12.5. The lowest BCUT2D eigenvalue weighted by molar-refractivity contribution is 0.189. The lowest BCUT2D eigenvalue weighted by Gasteiger charge is -2.32. The van der Waals surface area contributed by atoms with Crippen molar-refractivity contribution in [3.8, 4) is 17.2 Å². The highest BCUT2D eigenvalue weighted by atomic mass is 16.5. The summed E-state index contributed by atoms with van der Waals surface area (Å²) in [7, 11) is 0. The van der Waals surface area contributed by atoms with Crippen LogP contribution in [0.5, 0.6) is 17.2 Å². The van der Waals surface area contributed by atoms with Gasteiger partial charge in [-0.1, -0.05) is 32.0 Å². The van der Waals surface area contributed by atoms with Crippen molar-refractivity contribution < 1.29 is 9.47 Å². The second-order valence-electron chi connectivity index (χ2n) is 5.44. The molecule has 110 valence electrons. The third kappa shape index (κ3) is 3.03. The molecule has 0 radical (unpaired) electrons. The molecule has 0 aromatic heterocycles. The van der Waals surface area contributed by atoms with E-state index in [1.54, 1.807) is 0 Å². The number of para-hydroxylation sites is 1. The maximum Gasteiger partial charge on any atom is 0.128 e. The highest BCUT2D eigenvalue weighted by molar-refractivity contribution is 5.45. The molecule has 3 heteroatoms. The predicted molar refractivity (Wildman–Crippen MR) is 84.0 cm³/mol. The molecule has 0 saturated carbocycles. The number of hydrogen-bond acceptors (Lipinski definition) is 3. The van der Waals surface area contributed by atoms with Crippen LogP contribution < -0.4 is 14.8 Å². The first-order valence-electron chi connectivity index (χ1n) is 7.51. The number of rotatable bonds is 4. The van der Waals surface area contributed by atoms with Crippen LogP contribution >= 0.6 is 0 Å². The van der Waals surface area contributed by atoms with Gasteiger partial charge in [0.25, 0.3) is 0 Å². The van der Waals surface area contributed by atoms with Crippen LogP contribution in [0.3, 0.4) is 0 Å². The van der Waals surface area contributed by atoms with Crippen molar-refractivity contribution in [2.45, 2.75) is 19.9 Å². The summed E-state index contributed by atoms with van der Waals surface area (Å²) in [5.41, 5.74) is 1.18. The molecule has 1 N–H and O–H groups in total.